The number of carbonyl (C=O) groups is 1. The van der Waals surface area contributed by atoms with Crippen LogP contribution in [0.4, 0.5) is 0 Å². The van der Waals surface area contributed by atoms with Crippen molar-refractivity contribution in [3.05, 3.63) is 42.2 Å². The van der Waals surface area contributed by atoms with E-state index in [2.05, 4.69) is 15.0 Å². The highest BCUT2D eigenvalue weighted by atomic mass is 32.2. The summed E-state index contributed by atoms with van der Waals surface area (Å²) in [5, 5.41) is 1.92. The van der Waals surface area contributed by atoms with Crippen molar-refractivity contribution in [2.75, 3.05) is 12.8 Å². The van der Waals surface area contributed by atoms with Crippen molar-refractivity contribution in [2.45, 2.75) is 49.9 Å². The van der Waals surface area contributed by atoms with Crippen LogP contribution in [0.25, 0.3) is 10.9 Å². The Kier molecular flexibility index (Phi) is 6.99. The summed E-state index contributed by atoms with van der Waals surface area (Å²) in [7, 11) is -3.33. The lowest BCUT2D eigenvalue weighted by atomic mass is 10.2. The summed E-state index contributed by atoms with van der Waals surface area (Å²) in [5.41, 5.74) is 1.70. The van der Waals surface area contributed by atoms with Crippen molar-refractivity contribution >= 4 is 43.3 Å². The largest absolute Gasteiger partial charge is 0.489 e. The van der Waals surface area contributed by atoms with Crippen LogP contribution in [0.5, 0.6) is 17.4 Å². The number of pyridine rings is 1. The first kappa shape index (κ1) is 24.3. The van der Waals surface area contributed by atoms with E-state index >= 15 is 0 Å². The van der Waals surface area contributed by atoms with Crippen molar-refractivity contribution in [3.63, 3.8) is 0 Å². The van der Waals surface area contributed by atoms with Gasteiger partial charge >= 0.3 is 0 Å². The molecule has 0 amide bonds. The fraction of sp³-hybridized carbons (Fsp3) is 0.375. The van der Waals surface area contributed by atoms with Gasteiger partial charge in [0, 0.05) is 48.1 Å². The molecule has 1 atom stereocenters. The van der Waals surface area contributed by atoms with Crippen LogP contribution < -0.4 is 9.47 Å². The van der Waals surface area contributed by atoms with E-state index in [1.54, 1.807) is 17.8 Å². The first-order chi connectivity index (χ1) is 16.1. The van der Waals surface area contributed by atoms with Crippen LogP contribution in [0, 0.1) is 0 Å². The van der Waals surface area contributed by atoms with Gasteiger partial charge in [-0.15, -0.1) is 0 Å². The van der Waals surface area contributed by atoms with Gasteiger partial charge in [-0.2, -0.15) is 0 Å². The second-order valence-electron chi connectivity index (χ2n) is 8.42. The molecule has 1 N–H and O–H groups in total. The highest BCUT2D eigenvalue weighted by Gasteiger charge is 2.24. The number of H-pyrrole nitrogens is 1. The van der Waals surface area contributed by atoms with Crippen molar-refractivity contribution in [2.24, 2.45) is 4.99 Å². The number of fused-ring (bicyclic) bond motifs is 1. The maximum atomic E-state index is 11.8. The van der Waals surface area contributed by atoms with E-state index in [1.807, 2.05) is 32.9 Å². The number of nitrogens with one attached hydrogen (secondary N) is 1. The van der Waals surface area contributed by atoms with E-state index in [0.29, 0.717) is 30.9 Å². The van der Waals surface area contributed by atoms with Gasteiger partial charge in [-0.05, 0) is 32.0 Å². The van der Waals surface area contributed by atoms with Crippen LogP contribution in [0.3, 0.4) is 0 Å². The molecule has 0 fully saturated rings. The van der Waals surface area contributed by atoms with E-state index < -0.39 is 9.84 Å². The minimum Gasteiger partial charge on any atom is -0.489 e. The number of nitrogens with zero attached hydrogens (tertiary/aromatic N) is 2. The number of ketones is 1. The molecule has 0 radical (unpaired) electrons. The first-order valence-corrected chi connectivity index (χ1v) is 13.8. The Balaban J connectivity index is 1.62. The molecule has 10 heteroatoms. The molecular weight excluding hydrogens is 474 g/mol. The number of hydrogen-bond donors (Lipinski definition) is 1. The van der Waals surface area contributed by atoms with Crippen LogP contribution in [-0.4, -0.2) is 53.4 Å². The number of ether oxygens (including phenoxy) is 2. The minimum atomic E-state index is -3.33. The van der Waals surface area contributed by atoms with E-state index in [9.17, 15) is 13.2 Å². The third kappa shape index (κ3) is 5.61. The summed E-state index contributed by atoms with van der Waals surface area (Å²) in [5.74, 6) is 1.67. The van der Waals surface area contributed by atoms with Gasteiger partial charge < -0.3 is 14.5 Å². The molecule has 0 saturated heterocycles. The predicted molar refractivity (Wildman–Crippen MR) is 134 cm³/mol. The molecule has 0 bridgehead atoms. The summed E-state index contributed by atoms with van der Waals surface area (Å²) in [4.78, 5) is 24.1. The first-order valence-electron chi connectivity index (χ1n) is 11.0. The highest BCUT2D eigenvalue weighted by Crippen LogP contribution is 2.36. The summed E-state index contributed by atoms with van der Waals surface area (Å²) in [6.45, 7) is 6.40. The highest BCUT2D eigenvalue weighted by molar-refractivity contribution is 8.15. The van der Waals surface area contributed by atoms with Gasteiger partial charge in [0.1, 0.15) is 22.3 Å². The summed E-state index contributed by atoms with van der Waals surface area (Å²) in [6.07, 6.45) is 3.43. The van der Waals surface area contributed by atoms with Crippen molar-refractivity contribution in [1.82, 2.24) is 9.97 Å². The second-order valence-corrected chi connectivity index (χ2v) is 11.7. The fourth-order valence-corrected chi connectivity index (χ4v) is 5.22. The van der Waals surface area contributed by atoms with Gasteiger partial charge in [-0.3, -0.25) is 9.79 Å². The number of aromatic amines is 1. The molecule has 3 heterocycles. The molecule has 180 valence electrons. The second kappa shape index (κ2) is 9.79. The molecule has 34 heavy (non-hydrogen) atoms. The number of hydrogen-bond acceptors (Lipinski definition) is 8. The molecule has 3 aromatic rings. The lowest BCUT2D eigenvalue weighted by molar-refractivity contribution is -0.118. The zero-order chi connectivity index (χ0) is 24.5. The van der Waals surface area contributed by atoms with Gasteiger partial charge in [-0.25, -0.2) is 13.4 Å². The average molecular weight is 502 g/mol. The Morgan fingerprint density at radius 3 is 2.71 bits per heavy atom. The summed E-state index contributed by atoms with van der Waals surface area (Å²) >= 11 is 1.62. The number of Topliss-reactive ketones (excluding diaryl/α,β-unsaturated/α-hetero) is 1. The molecule has 2 aromatic heterocycles. The van der Waals surface area contributed by atoms with Gasteiger partial charge in [0.25, 0.3) is 0 Å². The molecule has 0 aliphatic carbocycles. The molecule has 0 spiro atoms. The topological polar surface area (TPSA) is 111 Å². The maximum absolute atomic E-state index is 11.8. The minimum absolute atomic E-state index is 0.0556. The molecule has 1 aliphatic rings. The molecule has 1 aromatic carbocycles. The third-order valence-corrected chi connectivity index (χ3v) is 7.50. The monoisotopic (exact) mass is 501 g/mol. The number of thioether (sulfide) groups is 1. The average Bonchev–Trinajstić information content (AvgIpc) is 3.40. The Hall–Kier alpha value is -2.85. The Morgan fingerprint density at radius 1 is 1.26 bits per heavy atom. The van der Waals surface area contributed by atoms with Crippen LogP contribution in [-0.2, 0) is 14.6 Å². The molecule has 1 unspecified atom stereocenters. The van der Waals surface area contributed by atoms with Gasteiger partial charge in [0.05, 0.1) is 28.8 Å². The zero-order valence-corrected chi connectivity index (χ0v) is 21.1. The number of aliphatic imine (C=N–C) groups is 1. The SMILES string of the molecule is CCC(=O)CC1CN=C(c2cc3cc(Oc4ccc(S(C)(=O)=O)cn4)cc(OC(C)C)c3[nH]2)S1. The lowest BCUT2D eigenvalue weighted by Crippen LogP contribution is -2.10. The number of benzene rings is 1. The Labute approximate surface area is 203 Å². The lowest BCUT2D eigenvalue weighted by Gasteiger charge is -2.13. The van der Waals surface area contributed by atoms with E-state index in [4.69, 9.17) is 9.47 Å². The van der Waals surface area contributed by atoms with Crippen molar-refractivity contribution in [3.8, 4) is 17.4 Å². The third-order valence-electron chi connectivity index (χ3n) is 5.19. The van der Waals surface area contributed by atoms with Gasteiger partial charge in [0.15, 0.2) is 9.84 Å². The smallest absolute Gasteiger partial charge is 0.219 e. The number of sulfone groups is 1. The molecule has 1 aliphatic heterocycles. The van der Waals surface area contributed by atoms with E-state index in [-0.39, 0.29) is 27.9 Å². The zero-order valence-electron chi connectivity index (χ0n) is 19.5. The predicted octanol–water partition coefficient (Wildman–Crippen LogP) is 4.78. The van der Waals surface area contributed by atoms with Crippen LogP contribution >= 0.6 is 11.8 Å². The van der Waals surface area contributed by atoms with Crippen molar-refractivity contribution in [1.29, 1.82) is 0 Å². The summed E-state index contributed by atoms with van der Waals surface area (Å²) in [6, 6.07) is 8.62. The quantitative estimate of drug-likeness (QED) is 0.449. The normalized spacial score (nSPS) is 16.1. The molecule has 8 nitrogen and oxygen atoms in total. The van der Waals surface area contributed by atoms with Crippen LogP contribution in [0.2, 0.25) is 0 Å². The Bertz CT molecular complexity index is 1340. The fourth-order valence-electron chi connectivity index (χ4n) is 3.54. The van der Waals surface area contributed by atoms with E-state index in [0.717, 1.165) is 27.9 Å². The molecular formula is C24H27N3O5S2. The standard InChI is InChI=1S/C24H27N3O5S2/c1-5-16(28)10-18-12-26-24(33-18)20-9-15-8-17(11-21(23(15)27-20)31-14(2)3)32-22-7-6-19(13-25-22)34(4,29)30/h6-9,11,13-14,18,27H,5,10,12H2,1-4H3. The van der Waals surface area contributed by atoms with Crippen molar-refractivity contribution < 1.29 is 22.7 Å². The maximum Gasteiger partial charge on any atom is 0.219 e. The summed E-state index contributed by atoms with van der Waals surface area (Å²) < 4.78 is 35.3. The number of rotatable bonds is 9. The number of aromatic nitrogens is 2. The molecule has 0 saturated carbocycles. The van der Waals surface area contributed by atoms with Gasteiger partial charge in [-0.1, -0.05) is 18.7 Å². The molecule has 4 rings (SSSR count). The van der Waals surface area contributed by atoms with Crippen LogP contribution in [0.1, 0.15) is 39.3 Å². The van der Waals surface area contributed by atoms with Crippen LogP contribution in [0.15, 0.2) is 46.4 Å². The van der Waals surface area contributed by atoms with Gasteiger partial charge in [0.2, 0.25) is 5.88 Å². The Morgan fingerprint density at radius 2 is 2.06 bits per heavy atom. The number of carbonyl (C=O) groups excluding carboxylic acids is 1. The van der Waals surface area contributed by atoms with E-state index in [1.165, 1.54) is 18.3 Å².